The smallest absolute Gasteiger partial charge is 0.348 e. The summed E-state index contributed by atoms with van der Waals surface area (Å²) in [6, 6.07) is 0. The third-order valence-corrected chi connectivity index (χ3v) is 1.74. The number of carboxylic acids is 2. The third kappa shape index (κ3) is 3.87. The van der Waals surface area contributed by atoms with E-state index in [1.165, 1.54) is 0 Å². The molecule has 0 radical (unpaired) electrons. The van der Waals surface area contributed by atoms with Crippen LogP contribution in [0.15, 0.2) is 0 Å². The van der Waals surface area contributed by atoms with Crippen molar-refractivity contribution in [3.63, 3.8) is 0 Å². The highest BCUT2D eigenvalue weighted by Gasteiger charge is 2.42. The fraction of sp³-hybridized carbons (Fsp3) is 0.500. The summed E-state index contributed by atoms with van der Waals surface area (Å²) in [7, 11) is 0. The molecule has 0 fully saturated rings. The molecule has 0 rings (SSSR count). The molecule has 0 aromatic carbocycles. The first kappa shape index (κ1) is 13.1. The number of aliphatic carboxylic acids is 2. The molecule has 0 aromatic rings. The highest BCUT2D eigenvalue weighted by Crippen LogP contribution is 2.19. The van der Waals surface area contributed by atoms with Gasteiger partial charge in [0.05, 0.1) is 12.8 Å². The van der Waals surface area contributed by atoms with Gasteiger partial charge >= 0.3 is 17.9 Å². The number of carboxylic acid groups (broad SMARTS) is 2. The third-order valence-electron chi connectivity index (χ3n) is 1.34. The van der Waals surface area contributed by atoms with Crippen molar-refractivity contribution in [2.75, 3.05) is 0 Å². The van der Waals surface area contributed by atoms with Crippen molar-refractivity contribution in [2.24, 2.45) is 0 Å². The lowest BCUT2D eigenvalue weighted by molar-refractivity contribution is -0.165. The van der Waals surface area contributed by atoms with E-state index < -0.39 is 36.4 Å². The molecule has 0 aromatic heterocycles. The zero-order valence-electron chi connectivity index (χ0n) is 6.77. The van der Waals surface area contributed by atoms with Crippen LogP contribution in [0.5, 0.6) is 0 Å². The summed E-state index contributed by atoms with van der Waals surface area (Å²) in [4.78, 5) is 31.4. The van der Waals surface area contributed by atoms with Crippen LogP contribution in [0.3, 0.4) is 0 Å². The molecule has 0 aliphatic heterocycles. The first-order valence-electron chi connectivity index (χ1n) is 3.31. The van der Waals surface area contributed by atoms with Gasteiger partial charge in [-0.3, -0.25) is 9.59 Å². The van der Waals surface area contributed by atoms with E-state index in [0.29, 0.717) is 0 Å². The summed E-state index contributed by atoms with van der Waals surface area (Å²) >= 11 is 1.14. The van der Waals surface area contributed by atoms with Crippen LogP contribution >= 0.6 is 23.0 Å². The van der Waals surface area contributed by atoms with Crippen molar-refractivity contribution in [2.45, 2.75) is 18.4 Å². The molecule has 0 heterocycles. The van der Waals surface area contributed by atoms with E-state index in [9.17, 15) is 19.5 Å². The lowest BCUT2D eigenvalue weighted by atomic mass is 9.96. The average molecular weight is 318 g/mol. The monoisotopic (exact) mass is 318 g/mol. The number of hydrogen-bond donors (Lipinski definition) is 3. The van der Waals surface area contributed by atoms with E-state index in [1.807, 2.05) is 0 Å². The fourth-order valence-corrected chi connectivity index (χ4v) is 1.19. The lowest BCUT2D eigenvalue weighted by Gasteiger charge is -2.19. The van der Waals surface area contributed by atoms with Crippen molar-refractivity contribution in [1.82, 2.24) is 0 Å². The molecular weight excluding hydrogens is 311 g/mol. The van der Waals surface area contributed by atoms with Crippen LogP contribution in [0, 0.1) is 0 Å². The topological polar surface area (TPSA) is 121 Å². The molecule has 0 saturated carbocycles. The van der Waals surface area contributed by atoms with Crippen molar-refractivity contribution in [3.05, 3.63) is 0 Å². The van der Waals surface area contributed by atoms with Gasteiger partial charge in [-0.1, -0.05) is 0 Å². The molecule has 3 N–H and O–H groups in total. The maximum Gasteiger partial charge on any atom is 0.348 e. The largest absolute Gasteiger partial charge is 0.481 e. The summed E-state index contributed by atoms with van der Waals surface area (Å²) in [5.74, 6) is -4.27. The van der Waals surface area contributed by atoms with Crippen molar-refractivity contribution in [3.8, 4) is 0 Å². The Hall–Kier alpha value is -0.900. The van der Waals surface area contributed by atoms with Gasteiger partial charge in [0.1, 0.15) is 0 Å². The summed E-state index contributed by atoms with van der Waals surface area (Å²) in [6.07, 6.45) is -2.03. The zero-order valence-corrected chi connectivity index (χ0v) is 8.92. The van der Waals surface area contributed by atoms with Crippen LogP contribution in [0.4, 0.5) is 0 Å². The molecule has 0 amide bonds. The number of carbonyl (C=O) groups excluding carboxylic acids is 1. The molecule has 0 unspecified atom stereocenters. The fourth-order valence-electron chi connectivity index (χ4n) is 0.779. The molecule has 80 valence electrons. The van der Waals surface area contributed by atoms with Crippen LogP contribution in [0.1, 0.15) is 12.8 Å². The summed E-state index contributed by atoms with van der Waals surface area (Å²) < 4.78 is 4.07. The molecule has 14 heavy (non-hydrogen) atoms. The Labute approximate surface area is 92.4 Å². The molecule has 7 nitrogen and oxygen atoms in total. The van der Waals surface area contributed by atoms with Crippen molar-refractivity contribution >= 4 is 40.9 Å². The minimum Gasteiger partial charge on any atom is -0.481 e. The predicted molar refractivity (Wildman–Crippen MR) is 49.6 cm³/mol. The van der Waals surface area contributed by atoms with Gasteiger partial charge in [-0.2, -0.15) is 0 Å². The van der Waals surface area contributed by atoms with E-state index >= 15 is 0 Å². The quantitative estimate of drug-likeness (QED) is 0.588. The second-order valence-electron chi connectivity index (χ2n) is 2.54. The summed E-state index contributed by atoms with van der Waals surface area (Å²) in [5, 5.41) is 26.1. The Kier molecular flexibility index (Phi) is 4.77. The highest BCUT2D eigenvalue weighted by atomic mass is 127. The van der Waals surface area contributed by atoms with Crippen LogP contribution in [0.25, 0.3) is 0 Å². The molecule has 0 aliphatic carbocycles. The second kappa shape index (κ2) is 5.10. The zero-order chi connectivity index (χ0) is 11.4. The van der Waals surface area contributed by atoms with Crippen LogP contribution in [-0.4, -0.2) is 38.8 Å². The lowest BCUT2D eigenvalue weighted by Crippen LogP contribution is -2.43. The average Bonchev–Trinajstić information content (AvgIpc) is 1.99. The van der Waals surface area contributed by atoms with Crippen LogP contribution in [0.2, 0.25) is 0 Å². The highest BCUT2D eigenvalue weighted by molar-refractivity contribution is 14.1. The molecule has 0 atom stereocenters. The SMILES string of the molecule is O=C(O)CC(O)(CC(=O)O)C(=O)OI. The number of carbonyl (C=O) groups is 3. The van der Waals surface area contributed by atoms with Crippen LogP contribution < -0.4 is 0 Å². The molecule has 0 aliphatic rings. The second-order valence-corrected chi connectivity index (χ2v) is 2.98. The van der Waals surface area contributed by atoms with Gasteiger partial charge in [0, 0.05) is 0 Å². The van der Waals surface area contributed by atoms with Crippen molar-refractivity contribution in [1.29, 1.82) is 0 Å². The van der Waals surface area contributed by atoms with E-state index in [2.05, 4.69) is 3.07 Å². The summed E-state index contributed by atoms with van der Waals surface area (Å²) in [6.45, 7) is 0. The first-order chi connectivity index (χ1) is 6.31. The Morgan fingerprint density at radius 2 is 1.50 bits per heavy atom. The Balaban J connectivity index is 4.74. The Morgan fingerprint density at radius 3 is 1.71 bits per heavy atom. The molecule has 8 heteroatoms. The Morgan fingerprint density at radius 1 is 1.14 bits per heavy atom. The van der Waals surface area contributed by atoms with Crippen LogP contribution in [-0.2, 0) is 17.4 Å². The molecule has 0 saturated heterocycles. The van der Waals surface area contributed by atoms with E-state index in [1.54, 1.807) is 0 Å². The van der Waals surface area contributed by atoms with Gasteiger partial charge in [0.2, 0.25) is 0 Å². The maximum absolute atomic E-state index is 10.9. The van der Waals surface area contributed by atoms with Gasteiger partial charge in [0.25, 0.3) is 0 Å². The Bertz CT molecular complexity index is 245. The standard InChI is InChI=1S/C6H7IO7/c7-14-5(12)6(13,1-3(8)9)2-4(10)11/h13H,1-2H2,(H,8,9)(H,10,11). The number of rotatable bonds is 5. The van der Waals surface area contributed by atoms with E-state index in [0.717, 1.165) is 23.0 Å². The van der Waals surface area contributed by atoms with E-state index in [-0.39, 0.29) is 0 Å². The minimum absolute atomic E-state index is 1.01. The number of halogens is 1. The maximum atomic E-state index is 10.9. The predicted octanol–water partition coefficient (Wildman–Crippen LogP) is -0.440. The molecular formula is C6H7IO7. The normalized spacial score (nSPS) is 10.7. The minimum atomic E-state index is -2.52. The summed E-state index contributed by atoms with van der Waals surface area (Å²) in [5.41, 5.74) is -2.52. The van der Waals surface area contributed by atoms with Crippen molar-refractivity contribution < 1.29 is 32.8 Å². The van der Waals surface area contributed by atoms with Gasteiger partial charge in [0.15, 0.2) is 28.6 Å². The van der Waals surface area contributed by atoms with Gasteiger partial charge < -0.3 is 18.4 Å². The van der Waals surface area contributed by atoms with Gasteiger partial charge in [-0.05, 0) is 0 Å². The molecule has 0 spiro atoms. The molecule has 0 bridgehead atoms. The van der Waals surface area contributed by atoms with Gasteiger partial charge in [-0.25, -0.2) is 4.79 Å². The first-order valence-corrected chi connectivity index (χ1v) is 4.19. The van der Waals surface area contributed by atoms with E-state index in [4.69, 9.17) is 10.2 Å². The number of hydrogen-bond acceptors (Lipinski definition) is 5. The number of aliphatic hydroxyl groups is 1. The van der Waals surface area contributed by atoms with Gasteiger partial charge in [-0.15, -0.1) is 0 Å².